The predicted octanol–water partition coefficient (Wildman–Crippen LogP) is 1.80. The molecule has 108 valence electrons. The topological polar surface area (TPSA) is 50.4 Å². The smallest absolute Gasteiger partial charge is 0.216 e. The van der Waals surface area contributed by atoms with E-state index in [1.807, 2.05) is 0 Å². The molecule has 1 amide bonds. The maximum absolute atomic E-state index is 10.7. The van der Waals surface area contributed by atoms with Crippen molar-refractivity contribution in [3.8, 4) is 0 Å². The molecule has 0 saturated carbocycles. The van der Waals surface area contributed by atoms with Crippen LogP contribution in [0.1, 0.15) is 41.0 Å². The molecule has 0 radical (unpaired) electrons. The monoisotopic (exact) mass is 258 g/mol. The van der Waals surface area contributed by atoms with Gasteiger partial charge in [-0.05, 0) is 17.3 Å². The lowest BCUT2D eigenvalue weighted by Gasteiger charge is -2.34. The average molecular weight is 258 g/mol. The molecule has 0 aromatic heterocycles. The normalized spacial score (nSPS) is 12.6. The molecule has 18 heavy (non-hydrogen) atoms. The molecule has 0 aliphatic heterocycles. The van der Waals surface area contributed by atoms with Crippen molar-refractivity contribution in [3.05, 3.63) is 0 Å². The van der Waals surface area contributed by atoms with Crippen LogP contribution in [0.5, 0.6) is 0 Å². The fourth-order valence-electron chi connectivity index (χ4n) is 2.55. The number of amides is 1. The molecule has 0 unspecified atom stereocenters. The molecular formula is C14H30N2O2. The van der Waals surface area contributed by atoms with Crippen LogP contribution in [-0.4, -0.2) is 39.3 Å². The first-order valence-corrected chi connectivity index (χ1v) is 6.63. The molecule has 0 aromatic carbocycles. The van der Waals surface area contributed by atoms with Gasteiger partial charge in [-0.2, -0.15) is 0 Å². The van der Waals surface area contributed by atoms with Gasteiger partial charge in [-0.1, -0.05) is 27.7 Å². The van der Waals surface area contributed by atoms with Crippen molar-refractivity contribution in [1.29, 1.82) is 0 Å². The van der Waals surface area contributed by atoms with Gasteiger partial charge < -0.3 is 15.4 Å². The Morgan fingerprint density at radius 2 is 1.72 bits per heavy atom. The summed E-state index contributed by atoms with van der Waals surface area (Å²) in [7, 11) is 1.75. The third-order valence-corrected chi connectivity index (χ3v) is 2.77. The average Bonchev–Trinajstić information content (AvgIpc) is 2.14. The van der Waals surface area contributed by atoms with E-state index in [0.717, 1.165) is 26.1 Å². The second kappa shape index (κ2) is 7.74. The number of methoxy groups -OCH3 is 1. The van der Waals surface area contributed by atoms with Crippen LogP contribution in [0.3, 0.4) is 0 Å². The predicted molar refractivity (Wildman–Crippen MR) is 75.6 cm³/mol. The number of nitrogens with one attached hydrogen (secondary N) is 2. The van der Waals surface area contributed by atoms with Crippen LogP contribution in [-0.2, 0) is 9.53 Å². The number of hydrogen-bond acceptors (Lipinski definition) is 3. The summed E-state index contributed by atoms with van der Waals surface area (Å²) in [5.41, 5.74) is 0.413. The lowest BCUT2D eigenvalue weighted by Crippen LogP contribution is -2.38. The first kappa shape index (κ1) is 17.4. The first-order chi connectivity index (χ1) is 8.18. The highest BCUT2D eigenvalue weighted by atomic mass is 16.5. The first-order valence-electron chi connectivity index (χ1n) is 6.63. The minimum Gasteiger partial charge on any atom is -0.384 e. The summed E-state index contributed by atoms with van der Waals surface area (Å²) in [5.74, 6) is 0.0253. The van der Waals surface area contributed by atoms with E-state index in [9.17, 15) is 4.79 Å². The summed E-state index contributed by atoms with van der Waals surface area (Å²) >= 11 is 0. The highest BCUT2D eigenvalue weighted by Gasteiger charge is 2.28. The van der Waals surface area contributed by atoms with Crippen LogP contribution in [0.15, 0.2) is 0 Å². The third kappa shape index (κ3) is 9.42. The maximum atomic E-state index is 10.7. The number of hydrogen-bond donors (Lipinski definition) is 2. The summed E-state index contributed by atoms with van der Waals surface area (Å²) in [4.78, 5) is 10.7. The van der Waals surface area contributed by atoms with Crippen LogP contribution in [0.4, 0.5) is 0 Å². The molecule has 0 bridgehead atoms. The molecule has 0 spiro atoms. The molecule has 4 heteroatoms. The summed E-state index contributed by atoms with van der Waals surface area (Å²) in [6.45, 7) is 13.7. The van der Waals surface area contributed by atoms with Crippen molar-refractivity contribution in [3.63, 3.8) is 0 Å². The molecule has 0 saturated heterocycles. The summed E-state index contributed by atoms with van der Waals surface area (Å²) in [6.07, 6.45) is 1.10. The molecule has 2 N–H and O–H groups in total. The van der Waals surface area contributed by atoms with Gasteiger partial charge in [-0.15, -0.1) is 0 Å². The zero-order chi connectivity index (χ0) is 14.2. The molecule has 0 atom stereocenters. The highest BCUT2D eigenvalue weighted by molar-refractivity contribution is 5.72. The van der Waals surface area contributed by atoms with Crippen molar-refractivity contribution in [2.45, 2.75) is 41.0 Å². The Balaban J connectivity index is 3.89. The summed E-state index contributed by atoms with van der Waals surface area (Å²) < 4.78 is 5.25. The molecule has 0 rings (SSSR count). The Kier molecular flexibility index (Phi) is 7.48. The Hall–Kier alpha value is -0.610. The molecule has 0 heterocycles. The zero-order valence-corrected chi connectivity index (χ0v) is 12.9. The second-order valence-electron chi connectivity index (χ2n) is 6.60. The van der Waals surface area contributed by atoms with Gasteiger partial charge in [0.1, 0.15) is 0 Å². The van der Waals surface area contributed by atoms with Gasteiger partial charge in [0.2, 0.25) is 5.91 Å². The Bertz CT molecular complexity index is 250. The highest BCUT2D eigenvalue weighted by Crippen LogP contribution is 2.33. The van der Waals surface area contributed by atoms with Crippen LogP contribution < -0.4 is 10.6 Å². The minimum absolute atomic E-state index is 0.0253. The van der Waals surface area contributed by atoms with E-state index in [-0.39, 0.29) is 16.7 Å². The van der Waals surface area contributed by atoms with Gasteiger partial charge in [-0.25, -0.2) is 0 Å². The summed E-state index contributed by atoms with van der Waals surface area (Å²) in [5, 5.41) is 6.17. The van der Waals surface area contributed by atoms with E-state index in [1.165, 1.54) is 6.92 Å². The second-order valence-corrected chi connectivity index (χ2v) is 6.60. The van der Waals surface area contributed by atoms with Crippen molar-refractivity contribution >= 4 is 5.91 Å². The van der Waals surface area contributed by atoms with E-state index in [0.29, 0.717) is 6.54 Å². The minimum atomic E-state index is 0.0253. The standard InChI is InChI=1S/C14H30N2O2/c1-12(17)16-8-7-15-10-13(2,3)9-14(4,5)11-18-6/h15H,7-11H2,1-6H3,(H,16,17). The third-order valence-electron chi connectivity index (χ3n) is 2.77. The SMILES string of the molecule is COCC(C)(C)CC(C)(C)CNCCNC(C)=O. The van der Waals surface area contributed by atoms with Gasteiger partial charge in [0, 0.05) is 33.7 Å². The molecule has 0 aromatic rings. The molecule has 0 fully saturated rings. The lowest BCUT2D eigenvalue weighted by atomic mass is 9.75. The Morgan fingerprint density at radius 1 is 1.11 bits per heavy atom. The largest absolute Gasteiger partial charge is 0.384 e. The number of rotatable bonds is 9. The van der Waals surface area contributed by atoms with E-state index in [4.69, 9.17) is 4.74 Å². The van der Waals surface area contributed by atoms with Gasteiger partial charge in [-0.3, -0.25) is 4.79 Å². The number of carbonyl (C=O) groups is 1. The van der Waals surface area contributed by atoms with Crippen LogP contribution in [0.25, 0.3) is 0 Å². The van der Waals surface area contributed by atoms with Crippen molar-refractivity contribution in [1.82, 2.24) is 10.6 Å². The van der Waals surface area contributed by atoms with Crippen molar-refractivity contribution < 1.29 is 9.53 Å². The van der Waals surface area contributed by atoms with E-state index in [1.54, 1.807) is 7.11 Å². The van der Waals surface area contributed by atoms with Crippen LogP contribution in [0.2, 0.25) is 0 Å². The van der Waals surface area contributed by atoms with Gasteiger partial charge in [0.25, 0.3) is 0 Å². The zero-order valence-electron chi connectivity index (χ0n) is 12.9. The van der Waals surface area contributed by atoms with Gasteiger partial charge >= 0.3 is 0 Å². The van der Waals surface area contributed by atoms with Crippen molar-refractivity contribution in [2.75, 3.05) is 33.4 Å². The molecular weight excluding hydrogens is 228 g/mol. The Morgan fingerprint density at radius 3 is 2.22 bits per heavy atom. The molecule has 4 nitrogen and oxygen atoms in total. The maximum Gasteiger partial charge on any atom is 0.216 e. The van der Waals surface area contributed by atoms with E-state index in [2.05, 4.69) is 38.3 Å². The lowest BCUT2D eigenvalue weighted by molar-refractivity contribution is -0.118. The van der Waals surface area contributed by atoms with E-state index < -0.39 is 0 Å². The van der Waals surface area contributed by atoms with Crippen LogP contribution in [0, 0.1) is 10.8 Å². The quantitative estimate of drug-likeness (QED) is 0.620. The van der Waals surface area contributed by atoms with Gasteiger partial charge in [0.15, 0.2) is 0 Å². The molecule has 0 aliphatic carbocycles. The van der Waals surface area contributed by atoms with Crippen LogP contribution >= 0.6 is 0 Å². The number of ether oxygens (including phenoxy) is 1. The number of carbonyl (C=O) groups excluding carboxylic acids is 1. The van der Waals surface area contributed by atoms with E-state index >= 15 is 0 Å². The van der Waals surface area contributed by atoms with Gasteiger partial charge in [0.05, 0.1) is 6.61 Å². The fraction of sp³-hybridized carbons (Fsp3) is 0.929. The fourth-order valence-corrected chi connectivity index (χ4v) is 2.55. The molecule has 0 aliphatic rings. The summed E-state index contributed by atoms with van der Waals surface area (Å²) in [6, 6.07) is 0. The van der Waals surface area contributed by atoms with Crippen molar-refractivity contribution in [2.24, 2.45) is 10.8 Å². The Labute approximate surface area is 112 Å².